The smallest absolute Gasteiger partial charge is 0.281 e. The van der Waals surface area contributed by atoms with E-state index in [1.807, 2.05) is 0 Å². The highest BCUT2D eigenvalue weighted by atomic mass is 19.3. The largest absolute Gasteiger partial charge is 0.488 e. The van der Waals surface area contributed by atoms with E-state index in [4.69, 9.17) is 4.74 Å². The standard InChI is InChI=1S/C32H44F5NO/c1-4-6-7-12-15-23-16-19-28(38-31(23)35)25-18-17-24-26(32(25,36)37)21-27(33)30(29(24)34)39-20-13-10-8-9-11-14-22(3)5-2/h16,19,21-22,25H,4-15,17-18,20H2,1-3H3/t22-,25?/m1/s1. The second-order valence-electron chi connectivity index (χ2n) is 11.2. The maximum atomic E-state index is 15.5. The third-order valence-electron chi connectivity index (χ3n) is 8.15. The Bertz CT molecular complexity index is 1060. The minimum absolute atomic E-state index is 0.0314. The van der Waals surface area contributed by atoms with Crippen molar-refractivity contribution in [2.24, 2.45) is 5.92 Å². The molecule has 0 saturated carbocycles. The molecule has 7 heteroatoms. The summed E-state index contributed by atoms with van der Waals surface area (Å²) >= 11 is 0. The summed E-state index contributed by atoms with van der Waals surface area (Å²) in [5, 5.41) is 0. The zero-order valence-corrected chi connectivity index (χ0v) is 23.7. The fourth-order valence-electron chi connectivity index (χ4n) is 5.41. The number of fused-ring (bicyclic) bond motifs is 1. The molecule has 3 rings (SSSR count). The van der Waals surface area contributed by atoms with Gasteiger partial charge in [0.25, 0.3) is 5.92 Å². The maximum absolute atomic E-state index is 15.5. The molecule has 0 radical (unpaired) electrons. The number of ether oxygens (including phenoxy) is 1. The van der Waals surface area contributed by atoms with E-state index in [1.54, 1.807) is 0 Å². The average molecular weight is 554 g/mol. The fraction of sp³-hybridized carbons (Fsp3) is 0.656. The zero-order valence-electron chi connectivity index (χ0n) is 23.7. The Kier molecular flexibility index (Phi) is 12.1. The van der Waals surface area contributed by atoms with Crippen LogP contribution >= 0.6 is 0 Å². The van der Waals surface area contributed by atoms with E-state index < -0.39 is 40.7 Å². The van der Waals surface area contributed by atoms with Gasteiger partial charge >= 0.3 is 0 Å². The number of nitrogens with zero attached hydrogens (tertiary/aromatic N) is 1. The molecule has 0 spiro atoms. The highest BCUT2D eigenvalue weighted by Crippen LogP contribution is 2.51. The molecule has 2 atom stereocenters. The van der Waals surface area contributed by atoms with Gasteiger partial charge in [0.2, 0.25) is 5.95 Å². The minimum atomic E-state index is -3.59. The molecule has 0 saturated heterocycles. The van der Waals surface area contributed by atoms with E-state index in [-0.39, 0.29) is 30.7 Å². The predicted octanol–water partition coefficient (Wildman–Crippen LogP) is 10.2. The summed E-state index contributed by atoms with van der Waals surface area (Å²) in [5.41, 5.74) is -0.621. The van der Waals surface area contributed by atoms with Gasteiger partial charge < -0.3 is 4.74 Å². The Labute approximate surface area is 230 Å². The van der Waals surface area contributed by atoms with Crippen LogP contribution in [-0.2, 0) is 18.8 Å². The molecule has 0 amide bonds. The first-order valence-electron chi connectivity index (χ1n) is 14.9. The van der Waals surface area contributed by atoms with Gasteiger partial charge in [0.1, 0.15) is 0 Å². The van der Waals surface area contributed by atoms with Crippen LogP contribution in [0, 0.1) is 23.5 Å². The van der Waals surface area contributed by atoms with Crippen LogP contribution in [0.15, 0.2) is 18.2 Å². The highest BCUT2D eigenvalue weighted by Gasteiger charge is 2.49. The average Bonchev–Trinajstić information content (AvgIpc) is 2.90. The number of benzene rings is 1. The number of aromatic nitrogens is 1. The summed E-state index contributed by atoms with van der Waals surface area (Å²) in [6.45, 7) is 6.65. The Morgan fingerprint density at radius 3 is 2.41 bits per heavy atom. The second-order valence-corrected chi connectivity index (χ2v) is 11.2. The van der Waals surface area contributed by atoms with Crippen molar-refractivity contribution in [3.63, 3.8) is 0 Å². The number of hydrogen-bond acceptors (Lipinski definition) is 2. The van der Waals surface area contributed by atoms with Crippen molar-refractivity contribution in [3.05, 3.63) is 58.2 Å². The van der Waals surface area contributed by atoms with Crippen molar-refractivity contribution in [3.8, 4) is 5.75 Å². The topological polar surface area (TPSA) is 22.1 Å². The molecule has 0 N–H and O–H groups in total. The normalized spacial score (nSPS) is 17.2. The van der Waals surface area contributed by atoms with E-state index in [9.17, 15) is 8.78 Å². The quantitative estimate of drug-likeness (QED) is 0.117. The third kappa shape index (κ3) is 8.17. The lowest BCUT2D eigenvalue weighted by Crippen LogP contribution is -2.32. The minimum Gasteiger partial charge on any atom is -0.488 e. The van der Waals surface area contributed by atoms with Crippen LogP contribution in [0.1, 0.15) is 126 Å². The molecule has 1 heterocycles. The van der Waals surface area contributed by atoms with Gasteiger partial charge in [-0.05, 0) is 50.2 Å². The van der Waals surface area contributed by atoms with E-state index in [0.717, 1.165) is 50.9 Å². The van der Waals surface area contributed by atoms with Gasteiger partial charge in [0.15, 0.2) is 17.4 Å². The number of aryl methyl sites for hydroxylation is 1. The van der Waals surface area contributed by atoms with Crippen molar-refractivity contribution in [2.75, 3.05) is 6.61 Å². The monoisotopic (exact) mass is 553 g/mol. The van der Waals surface area contributed by atoms with Crippen LogP contribution in [-0.4, -0.2) is 11.6 Å². The van der Waals surface area contributed by atoms with Gasteiger partial charge in [-0.3, -0.25) is 0 Å². The molecule has 39 heavy (non-hydrogen) atoms. The van der Waals surface area contributed by atoms with Crippen LogP contribution in [0.5, 0.6) is 5.75 Å². The summed E-state index contributed by atoms with van der Waals surface area (Å²) in [5.74, 6) is -7.85. The van der Waals surface area contributed by atoms with E-state index in [2.05, 4.69) is 25.8 Å². The molecule has 0 fully saturated rings. The molecule has 2 aromatic rings. The first-order valence-corrected chi connectivity index (χ1v) is 14.9. The molecule has 1 aromatic heterocycles. The molecule has 2 nitrogen and oxygen atoms in total. The Morgan fingerprint density at radius 1 is 0.974 bits per heavy atom. The SMILES string of the molecule is CCCCCCc1ccc(C2CCc3c(cc(F)c(OCCCCCCC[C@H](C)CC)c3F)C2(F)F)nc1F. The second kappa shape index (κ2) is 15.0. The lowest BCUT2D eigenvalue weighted by molar-refractivity contribution is -0.0459. The van der Waals surface area contributed by atoms with Crippen LogP contribution in [0.4, 0.5) is 22.0 Å². The molecule has 218 valence electrons. The summed E-state index contributed by atoms with van der Waals surface area (Å²) in [4.78, 5) is 3.86. The fourth-order valence-corrected chi connectivity index (χ4v) is 5.41. The molecule has 1 aliphatic carbocycles. The molecule has 0 aliphatic heterocycles. The number of unbranched alkanes of at least 4 members (excludes halogenated alkanes) is 7. The third-order valence-corrected chi connectivity index (χ3v) is 8.15. The lowest BCUT2D eigenvalue weighted by atomic mass is 9.78. The Hall–Kier alpha value is -2.18. The van der Waals surface area contributed by atoms with E-state index >= 15 is 13.2 Å². The molecule has 1 aliphatic rings. The number of rotatable bonds is 16. The van der Waals surface area contributed by atoms with Gasteiger partial charge in [0.05, 0.1) is 18.2 Å². The Balaban J connectivity index is 1.62. The van der Waals surface area contributed by atoms with Crippen molar-refractivity contribution in [1.29, 1.82) is 0 Å². The van der Waals surface area contributed by atoms with Crippen LogP contribution in [0.3, 0.4) is 0 Å². The molecule has 1 unspecified atom stereocenters. The molecular weight excluding hydrogens is 509 g/mol. The zero-order chi connectivity index (χ0) is 28.4. The summed E-state index contributed by atoms with van der Waals surface area (Å²) < 4.78 is 81.1. The molecule has 0 bridgehead atoms. The summed E-state index contributed by atoms with van der Waals surface area (Å²) in [6.07, 6.45) is 11.5. The highest BCUT2D eigenvalue weighted by molar-refractivity contribution is 5.45. The first-order chi connectivity index (χ1) is 18.7. The summed E-state index contributed by atoms with van der Waals surface area (Å²) in [7, 11) is 0. The number of pyridine rings is 1. The van der Waals surface area contributed by atoms with Gasteiger partial charge in [-0.1, -0.05) is 84.6 Å². The molecular formula is C32H44F5NO. The van der Waals surface area contributed by atoms with E-state index in [0.29, 0.717) is 24.5 Å². The van der Waals surface area contributed by atoms with Crippen molar-refractivity contribution >= 4 is 0 Å². The lowest BCUT2D eigenvalue weighted by Gasteiger charge is -2.33. The first kappa shape index (κ1) is 31.3. The predicted molar refractivity (Wildman–Crippen MR) is 146 cm³/mol. The Morgan fingerprint density at radius 2 is 1.69 bits per heavy atom. The van der Waals surface area contributed by atoms with Crippen LogP contribution < -0.4 is 4.74 Å². The maximum Gasteiger partial charge on any atom is 0.281 e. The van der Waals surface area contributed by atoms with Crippen LogP contribution in [0.25, 0.3) is 0 Å². The van der Waals surface area contributed by atoms with Gasteiger partial charge in [-0.15, -0.1) is 0 Å². The van der Waals surface area contributed by atoms with Gasteiger partial charge in [0, 0.05) is 16.7 Å². The number of hydrogen-bond donors (Lipinski definition) is 0. The van der Waals surface area contributed by atoms with Gasteiger partial charge in [-0.2, -0.15) is 4.39 Å². The van der Waals surface area contributed by atoms with Crippen molar-refractivity contribution in [1.82, 2.24) is 4.98 Å². The van der Waals surface area contributed by atoms with Crippen molar-refractivity contribution in [2.45, 2.75) is 123 Å². The van der Waals surface area contributed by atoms with E-state index in [1.165, 1.54) is 31.4 Å². The molecule has 1 aromatic carbocycles. The number of halogens is 5. The number of alkyl halides is 2. The van der Waals surface area contributed by atoms with Gasteiger partial charge in [-0.25, -0.2) is 22.5 Å². The van der Waals surface area contributed by atoms with Crippen LogP contribution in [0.2, 0.25) is 0 Å². The summed E-state index contributed by atoms with van der Waals surface area (Å²) in [6, 6.07) is 3.63. The van der Waals surface area contributed by atoms with Crippen molar-refractivity contribution < 1.29 is 26.7 Å².